The van der Waals surface area contributed by atoms with Gasteiger partial charge in [-0.3, -0.25) is 0 Å². The maximum Gasteiger partial charge on any atom is 0.119 e. The van der Waals surface area contributed by atoms with Crippen molar-refractivity contribution in [3.63, 3.8) is 0 Å². The molecule has 1 unspecified atom stereocenters. The molecule has 2 rings (SSSR count). The summed E-state index contributed by atoms with van der Waals surface area (Å²) in [5.41, 5.74) is 2.23. The van der Waals surface area contributed by atoms with Crippen molar-refractivity contribution in [1.82, 2.24) is 5.32 Å². The molecular weight excluding hydrogens is 222 g/mol. The summed E-state index contributed by atoms with van der Waals surface area (Å²) in [4.78, 5) is 0. The van der Waals surface area contributed by atoms with E-state index in [1.165, 1.54) is 6.42 Å². The highest BCUT2D eigenvalue weighted by atomic mass is 35.5. The molecule has 1 aliphatic rings. The Balaban J connectivity index is 2.50. The molecule has 0 amide bonds. The second-order valence-corrected chi connectivity index (χ2v) is 5.05. The first kappa shape index (κ1) is 11.7. The maximum absolute atomic E-state index is 6.40. The second kappa shape index (κ2) is 4.27. The topological polar surface area (TPSA) is 21.3 Å². The summed E-state index contributed by atoms with van der Waals surface area (Å²) in [6, 6.07) is 4.03. The van der Waals surface area contributed by atoms with Crippen LogP contribution in [0.15, 0.2) is 12.1 Å². The lowest BCUT2D eigenvalue weighted by Gasteiger charge is -2.27. The lowest BCUT2D eigenvalue weighted by atomic mass is 9.89. The van der Waals surface area contributed by atoms with Gasteiger partial charge in [0.05, 0.1) is 7.11 Å². The van der Waals surface area contributed by atoms with Gasteiger partial charge in [0.2, 0.25) is 0 Å². The van der Waals surface area contributed by atoms with Crippen LogP contribution in [0, 0.1) is 6.92 Å². The SMILES string of the molecule is COc1cc(C)c(Cl)c(C2(C)CCCN2)c1. The third-order valence-corrected chi connectivity index (χ3v) is 3.93. The summed E-state index contributed by atoms with van der Waals surface area (Å²) in [6.45, 7) is 5.29. The lowest BCUT2D eigenvalue weighted by Crippen LogP contribution is -2.33. The van der Waals surface area contributed by atoms with Crippen molar-refractivity contribution >= 4 is 11.6 Å². The molecule has 1 fully saturated rings. The van der Waals surface area contributed by atoms with Gasteiger partial charge in [0.1, 0.15) is 5.75 Å². The highest BCUT2D eigenvalue weighted by Crippen LogP contribution is 2.38. The number of hydrogen-bond acceptors (Lipinski definition) is 2. The van der Waals surface area contributed by atoms with E-state index < -0.39 is 0 Å². The number of rotatable bonds is 2. The van der Waals surface area contributed by atoms with Gasteiger partial charge >= 0.3 is 0 Å². The first-order chi connectivity index (χ1) is 7.57. The third kappa shape index (κ3) is 1.92. The zero-order chi connectivity index (χ0) is 11.8. The van der Waals surface area contributed by atoms with Gasteiger partial charge in [-0.15, -0.1) is 0 Å². The second-order valence-electron chi connectivity index (χ2n) is 4.67. The molecule has 2 nitrogen and oxygen atoms in total. The van der Waals surface area contributed by atoms with E-state index in [4.69, 9.17) is 16.3 Å². The normalized spacial score (nSPS) is 24.8. The summed E-state index contributed by atoms with van der Waals surface area (Å²) in [7, 11) is 1.69. The van der Waals surface area contributed by atoms with Gasteiger partial charge in [-0.25, -0.2) is 0 Å². The van der Waals surface area contributed by atoms with Crippen molar-refractivity contribution in [1.29, 1.82) is 0 Å². The van der Waals surface area contributed by atoms with E-state index in [1.54, 1.807) is 7.11 Å². The standard InChI is InChI=1S/C13H18ClNO/c1-9-7-10(16-3)8-11(12(9)14)13(2)5-4-6-15-13/h7-8,15H,4-6H2,1-3H3. The molecule has 1 atom stereocenters. The molecule has 88 valence electrons. The van der Waals surface area contributed by atoms with Crippen molar-refractivity contribution in [3.8, 4) is 5.75 Å². The minimum Gasteiger partial charge on any atom is -0.497 e. The van der Waals surface area contributed by atoms with E-state index in [-0.39, 0.29) is 5.54 Å². The molecule has 0 aliphatic carbocycles. The van der Waals surface area contributed by atoms with E-state index in [2.05, 4.69) is 12.2 Å². The van der Waals surface area contributed by atoms with Crippen LogP contribution in [0.3, 0.4) is 0 Å². The number of methoxy groups -OCH3 is 1. The molecule has 1 saturated heterocycles. The molecular formula is C13H18ClNO. The summed E-state index contributed by atoms with van der Waals surface area (Å²) in [5, 5.41) is 4.39. The number of halogens is 1. The van der Waals surface area contributed by atoms with Crippen molar-refractivity contribution in [2.45, 2.75) is 32.2 Å². The fraction of sp³-hybridized carbons (Fsp3) is 0.538. The van der Waals surface area contributed by atoms with Gasteiger partial charge in [0.15, 0.2) is 0 Å². The van der Waals surface area contributed by atoms with Gasteiger partial charge < -0.3 is 10.1 Å². The Morgan fingerprint density at radius 1 is 1.44 bits per heavy atom. The first-order valence-corrected chi connectivity index (χ1v) is 6.04. The third-order valence-electron chi connectivity index (χ3n) is 3.43. The van der Waals surface area contributed by atoms with Crippen molar-refractivity contribution in [3.05, 3.63) is 28.3 Å². The molecule has 0 aromatic heterocycles. The van der Waals surface area contributed by atoms with Gasteiger partial charge in [0, 0.05) is 10.6 Å². The van der Waals surface area contributed by atoms with Crippen molar-refractivity contribution in [2.24, 2.45) is 0 Å². The molecule has 0 saturated carbocycles. The van der Waals surface area contributed by atoms with Crippen LogP contribution in [0.4, 0.5) is 0 Å². The monoisotopic (exact) mass is 239 g/mol. The van der Waals surface area contributed by atoms with Gasteiger partial charge in [-0.05, 0) is 56.5 Å². The Hall–Kier alpha value is -0.730. The van der Waals surface area contributed by atoms with Crippen molar-refractivity contribution in [2.75, 3.05) is 13.7 Å². The Morgan fingerprint density at radius 3 is 2.75 bits per heavy atom. The molecule has 1 aliphatic heterocycles. The average Bonchev–Trinajstić information content (AvgIpc) is 2.70. The van der Waals surface area contributed by atoms with Crippen LogP contribution in [0.2, 0.25) is 5.02 Å². The molecule has 0 radical (unpaired) electrons. The Morgan fingerprint density at radius 2 is 2.19 bits per heavy atom. The Kier molecular flexibility index (Phi) is 3.13. The number of aryl methyl sites for hydroxylation is 1. The van der Waals surface area contributed by atoms with Crippen LogP contribution in [0.1, 0.15) is 30.9 Å². The average molecular weight is 240 g/mol. The fourth-order valence-corrected chi connectivity index (χ4v) is 2.70. The zero-order valence-electron chi connectivity index (χ0n) is 10.1. The summed E-state index contributed by atoms with van der Waals surface area (Å²) >= 11 is 6.40. The van der Waals surface area contributed by atoms with Crippen LogP contribution in [0.5, 0.6) is 5.75 Å². The van der Waals surface area contributed by atoms with Crippen LogP contribution in [0.25, 0.3) is 0 Å². The van der Waals surface area contributed by atoms with E-state index in [0.717, 1.165) is 34.9 Å². The largest absolute Gasteiger partial charge is 0.497 e. The molecule has 1 heterocycles. The molecule has 1 aromatic rings. The number of nitrogens with one attached hydrogen (secondary N) is 1. The predicted octanol–water partition coefficient (Wildman–Crippen LogP) is 3.26. The molecule has 1 N–H and O–H groups in total. The van der Waals surface area contributed by atoms with E-state index >= 15 is 0 Å². The quantitative estimate of drug-likeness (QED) is 0.856. The summed E-state index contributed by atoms with van der Waals surface area (Å²) in [5.74, 6) is 0.881. The lowest BCUT2D eigenvalue weighted by molar-refractivity contribution is 0.403. The van der Waals surface area contributed by atoms with Crippen LogP contribution in [-0.4, -0.2) is 13.7 Å². The number of hydrogen-bond donors (Lipinski definition) is 1. The maximum atomic E-state index is 6.40. The number of ether oxygens (including phenoxy) is 1. The molecule has 1 aromatic carbocycles. The highest BCUT2D eigenvalue weighted by Gasteiger charge is 2.32. The number of benzene rings is 1. The highest BCUT2D eigenvalue weighted by molar-refractivity contribution is 6.32. The minimum atomic E-state index is -0.00359. The zero-order valence-corrected chi connectivity index (χ0v) is 10.8. The predicted molar refractivity (Wildman–Crippen MR) is 67.3 cm³/mol. The molecule has 16 heavy (non-hydrogen) atoms. The summed E-state index contributed by atoms with van der Waals surface area (Å²) in [6.07, 6.45) is 2.32. The van der Waals surface area contributed by atoms with Gasteiger partial charge in [-0.1, -0.05) is 11.6 Å². The van der Waals surface area contributed by atoms with Crippen LogP contribution >= 0.6 is 11.6 Å². The Labute approximate surface area is 102 Å². The smallest absolute Gasteiger partial charge is 0.119 e. The van der Waals surface area contributed by atoms with Crippen molar-refractivity contribution < 1.29 is 4.74 Å². The van der Waals surface area contributed by atoms with E-state index in [0.29, 0.717) is 0 Å². The van der Waals surface area contributed by atoms with E-state index in [9.17, 15) is 0 Å². The molecule has 0 spiro atoms. The van der Waals surface area contributed by atoms with Crippen LogP contribution in [-0.2, 0) is 5.54 Å². The van der Waals surface area contributed by atoms with Gasteiger partial charge in [-0.2, -0.15) is 0 Å². The summed E-state index contributed by atoms with van der Waals surface area (Å²) < 4.78 is 5.31. The minimum absolute atomic E-state index is 0.00359. The molecule has 3 heteroatoms. The van der Waals surface area contributed by atoms with Gasteiger partial charge in [0.25, 0.3) is 0 Å². The first-order valence-electron chi connectivity index (χ1n) is 5.66. The fourth-order valence-electron chi connectivity index (χ4n) is 2.38. The molecule has 0 bridgehead atoms. The van der Waals surface area contributed by atoms with Crippen LogP contribution < -0.4 is 10.1 Å². The van der Waals surface area contributed by atoms with E-state index in [1.807, 2.05) is 19.1 Å². The Bertz CT molecular complexity index is 397.